The smallest absolute Gasteiger partial charge is 0.0337 e. The third-order valence-electron chi connectivity index (χ3n) is 2.87. The highest BCUT2D eigenvalue weighted by Crippen LogP contribution is 2.21. The summed E-state index contributed by atoms with van der Waals surface area (Å²) in [5.74, 6) is 4.60. The number of benzene rings is 2. The van der Waals surface area contributed by atoms with Gasteiger partial charge in [0.05, 0.1) is 0 Å². The van der Waals surface area contributed by atoms with Gasteiger partial charge in [0.2, 0.25) is 0 Å². The maximum Gasteiger partial charge on any atom is 0.0337 e. The number of anilines is 1. The molecule has 3 heteroatoms. The minimum Gasteiger partial charge on any atom is -0.388 e. The van der Waals surface area contributed by atoms with Gasteiger partial charge in [-0.1, -0.05) is 43.3 Å². The van der Waals surface area contributed by atoms with Gasteiger partial charge in [-0.25, -0.2) is 0 Å². The van der Waals surface area contributed by atoms with Crippen LogP contribution in [0, 0.1) is 0 Å². The van der Waals surface area contributed by atoms with E-state index in [-0.39, 0.29) is 0 Å². The first-order valence-electron chi connectivity index (χ1n) is 6.49. The van der Waals surface area contributed by atoms with Crippen molar-refractivity contribution in [2.24, 2.45) is 5.84 Å². The van der Waals surface area contributed by atoms with Crippen LogP contribution in [0.15, 0.2) is 48.5 Å². The van der Waals surface area contributed by atoms with Crippen LogP contribution < -0.4 is 16.6 Å². The average Bonchev–Trinajstić information content (AvgIpc) is 2.48. The summed E-state index contributed by atoms with van der Waals surface area (Å²) < 4.78 is 0. The molecular weight excluding hydrogens is 234 g/mol. The SMILES string of the molecule is CCc1ccc(-c2ccc(NC)cc2)cc1.CNN. The van der Waals surface area contributed by atoms with Gasteiger partial charge in [-0.05, 0) is 42.3 Å². The van der Waals surface area contributed by atoms with Crippen LogP contribution in [-0.4, -0.2) is 14.1 Å². The van der Waals surface area contributed by atoms with Crippen LogP contribution >= 0.6 is 0 Å². The number of nitrogens with two attached hydrogens (primary N) is 1. The summed E-state index contributed by atoms with van der Waals surface area (Å²) in [4.78, 5) is 0. The number of nitrogens with one attached hydrogen (secondary N) is 2. The lowest BCUT2D eigenvalue weighted by molar-refractivity contribution is 0.900. The maximum absolute atomic E-state index is 4.60. The molecular formula is C16H23N3. The van der Waals surface area contributed by atoms with E-state index in [0.717, 1.165) is 12.1 Å². The zero-order valence-corrected chi connectivity index (χ0v) is 11.9. The molecule has 0 aliphatic rings. The summed E-state index contributed by atoms with van der Waals surface area (Å²) >= 11 is 0. The number of hydrogen-bond acceptors (Lipinski definition) is 3. The number of aryl methyl sites for hydroxylation is 1. The Kier molecular flexibility index (Phi) is 6.64. The largest absolute Gasteiger partial charge is 0.388 e. The second kappa shape index (κ2) is 8.29. The Morgan fingerprint density at radius 2 is 1.26 bits per heavy atom. The third-order valence-corrected chi connectivity index (χ3v) is 2.87. The third kappa shape index (κ3) is 4.73. The molecule has 0 bridgehead atoms. The van der Waals surface area contributed by atoms with Crippen molar-refractivity contribution in [2.75, 3.05) is 19.4 Å². The molecule has 0 amide bonds. The van der Waals surface area contributed by atoms with Crippen LogP contribution in [0.1, 0.15) is 12.5 Å². The van der Waals surface area contributed by atoms with Crippen LogP contribution in [-0.2, 0) is 6.42 Å². The van der Waals surface area contributed by atoms with Crippen molar-refractivity contribution in [3.05, 3.63) is 54.1 Å². The molecule has 2 aromatic carbocycles. The summed E-state index contributed by atoms with van der Waals surface area (Å²) in [7, 11) is 3.59. The van der Waals surface area contributed by atoms with Crippen LogP contribution in [0.3, 0.4) is 0 Å². The fourth-order valence-electron chi connectivity index (χ4n) is 1.76. The van der Waals surface area contributed by atoms with E-state index in [1.54, 1.807) is 7.05 Å². The van der Waals surface area contributed by atoms with Gasteiger partial charge >= 0.3 is 0 Å². The van der Waals surface area contributed by atoms with Gasteiger partial charge in [-0.3, -0.25) is 11.3 Å². The first kappa shape index (κ1) is 15.2. The van der Waals surface area contributed by atoms with Crippen LogP contribution in [0.5, 0.6) is 0 Å². The van der Waals surface area contributed by atoms with Gasteiger partial charge in [-0.2, -0.15) is 0 Å². The molecule has 19 heavy (non-hydrogen) atoms. The topological polar surface area (TPSA) is 50.1 Å². The molecule has 0 saturated heterocycles. The fourth-order valence-corrected chi connectivity index (χ4v) is 1.76. The van der Waals surface area contributed by atoms with Crippen molar-refractivity contribution in [1.29, 1.82) is 0 Å². The molecule has 0 aliphatic carbocycles. The summed E-state index contributed by atoms with van der Waals surface area (Å²) in [5, 5.41) is 3.12. The quantitative estimate of drug-likeness (QED) is 0.585. The molecule has 102 valence electrons. The first-order chi connectivity index (χ1) is 9.24. The van der Waals surface area contributed by atoms with E-state index in [0.29, 0.717) is 0 Å². The van der Waals surface area contributed by atoms with Gasteiger partial charge in [-0.15, -0.1) is 0 Å². The van der Waals surface area contributed by atoms with Crippen molar-refractivity contribution < 1.29 is 0 Å². The second-order valence-electron chi connectivity index (χ2n) is 4.17. The summed E-state index contributed by atoms with van der Waals surface area (Å²) in [6.45, 7) is 2.18. The summed E-state index contributed by atoms with van der Waals surface area (Å²) in [6, 6.07) is 17.3. The van der Waals surface area contributed by atoms with E-state index >= 15 is 0 Å². The van der Waals surface area contributed by atoms with Gasteiger partial charge in [0, 0.05) is 12.7 Å². The Balaban J connectivity index is 0.000000550. The van der Waals surface area contributed by atoms with Crippen molar-refractivity contribution in [1.82, 2.24) is 5.43 Å². The maximum atomic E-state index is 4.60. The molecule has 0 atom stereocenters. The predicted molar refractivity (Wildman–Crippen MR) is 84.0 cm³/mol. The molecule has 0 heterocycles. The molecule has 4 N–H and O–H groups in total. The van der Waals surface area contributed by atoms with Crippen LogP contribution in [0.2, 0.25) is 0 Å². The Bertz CT molecular complexity index is 415. The van der Waals surface area contributed by atoms with Crippen LogP contribution in [0.25, 0.3) is 11.1 Å². The minimum absolute atomic E-state index is 1.10. The zero-order valence-electron chi connectivity index (χ0n) is 11.9. The van der Waals surface area contributed by atoms with E-state index in [9.17, 15) is 0 Å². The first-order valence-corrected chi connectivity index (χ1v) is 6.49. The van der Waals surface area contributed by atoms with E-state index < -0.39 is 0 Å². The van der Waals surface area contributed by atoms with E-state index in [4.69, 9.17) is 0 Å². The van der Waals surface area contributed by atoms with Gasteiger partial charge in [0.1, 0.15) is 0 Å². The normalized spacial score (nSPS) is 9.47. The number of rotatable bonds is 3. The lowest BCUT2D eigenvalue weighted by atomic mass is 10.0. The standard InChI is InChI=1S/C15H17N.CH6N2/c1-3-12-4-6-13(7-5-12)14-8-10-15(16-2)11-9-14;1-3-2/h4-11,16H,3H2,1-2H3;3H,2H2,1H3. The predicted octanol–water partition coefficient (Wildman–Crippen LogP) is 3.04. The average molecular weight is 257 g/mol. The Morgan fingerprint density at radius 3 is 1.63 bits per heavy atom. The molecule has 0 saturated carbocycles. The molecule has 0 fully saturated rings. The molecule has 0 aliphatic heterocycles. The number of hydrazine groups is 1. The Hall–Kier alpha value is -1.84. The molecule has 3 nitrogen and oxygen atoms in total. The van der Waals surface area contributed by atoms with Crippen molar-refractivity contribution in [3.8, 4) is 11.1 Å². The molecule has 2 rings (SSSR count). The lowest BCUT2D eigenvalue weighted by Crippen LogP contribution is -2.13. The molecule has 0 spiro atoms. The Labute approximate surface area is 115 Å². The van der Waals surface area contributed by atoms with E-state index in [1.165, 1.54) is 16.7 Å². The molecule has 0 radical (unpaired) electrons. The van der Waals surface area contributed by atoms with Gasteiger partial charge < -0.3 is 5.32 Å². The van der Waals surface area contributed by atoms with E-state index in [2.05, 4.69) is 72.0 Å². The molecule has 0 unspecified atom stereocenters. The second-order valence-corrected chi connectivity index (χ2v) is 4.17. The highest BCUT2D eigenvalue weighted by molar-refractivity contribution is 5.66. The minimum atomic E-state index is 1.10. The molecule has 0 aromatic heterocycles. The highest BCUT2D eigenvalue weighted by atomic mass is 15.2. The van der Waals surface area contributed by atoms with Gasteiger partial charge in [0.15, 0.2) is 0 Å². The zero-order chi connectivity index (χ0) is 14.1. The fraction of sp³-hybridized carbons (Fsp3) is 0.250. The summed E-state index contributed by atoms with van der Waals surface area (Å²) in [6.07, 6.45) is 1.10. The van der Waals surface area contributed by atoms with Crippen molar-refractivity contribution in [2.45, 2.75) is 13.3 Å². The summed E-state index contributed by atoms with van der Waals surface area (Å²) in [5.41, 5.74) is 7.33. The van der Waals surface area contributed by atoms with Crippen LogP contribution in [0.4, 0.5) is 5.69 Å². The van der Waals surface area contributed by atoms with E-state index in [1.807, 2.05) is 7.05 Å². The lowest BCUT2D eigenvalue weighted by Gasteiger charge is -2.05. The monoisotopic (exact) mass is 257 g/mol. The highest BCUT2D eigenvalue weighted by Gasteiger charge is 1.97. The van der Waals surface area contributed by atoms with Crippen molar-refractivity contribution in [3.63, 3.8) is 0 Å². The number of hydrogen-bond donors (Lipinski definition) is 3. The van der Waals surface area contributed by atoms with Crippen molar-refractivity contribution >= 4 is 5.69 Å². The Morgan fingerprint density at radius 1 is 0.842 bits per heavy atom. The molecule has 2 aromatic rings. The van der Waals surface area contributed by atoms with Gasteiger partial charge in [0.25, 0.3) is 0 Å².